The van der Waals surface area contributed by atoms with Crippen molar-refractivity contribution in [1.82, 2.24) is 4.98 Å². The number of carbonyl (C=O) groups is 1. The molecular formula is C14H16N2O3S. The van der Waals surface area contributed by atoms with Crippen LogP contribution in [-0.2, 0) is 0 Å². The number of nitrogens with zero attached hydrogens (tertiary/aromatic N) is 1. The first-order chi connectivity index (χ1) is 9.45. The number of thiazole rings is 1. The smallest absolute Gasteiger partial charge is 0.355 e. The molecule has 6 heteroatoms. The molecule has 2 N–H and O–H groups in total. The number of nitrogens with one attached hydrogen (secondary N) is 1. The standard InChI is InChI=1S/C14H16N2O3S/c1-8(2)19-11-6-4-10(5-7-11)15-14-16-12(13(17)18)9(3)20-14/h4-8H,1-3H3,(H,15,16)(H,17,18). The zero-order valence-electron chi connectivity index (χ0n) is 11.5. The number of hydrogen-bond donors (Lipinski definition) is 2. The molecule has 1 aromatic carbocycles. The van der Waals surface area contributed by atoms with E-state index in [2.05, 4.69) is 10.3 Å². The van der Waals surface area contributed by atoms with E-state index < -0.39 is 5.97 Å². The van der Waals surface area contributed by atoms with Gasteiger partial charge in [-0.3, -0.25) is 0 Å². The van der Waals surface area contributed by atoms with Gasteiger partial charge in [-0.15, -0.1) is 11.3 Å². The molecule has 0 aliphatic heterocycles. The van der Waals surface area contributed by atoms with Crippen LogP contribution in [0, 0.1) is 6.92 Å². The molecule has 1 heterocycles. The highest BCUT2D eigenvalue weighted by atomic mass is 32.1. The van der Waals surface area contributed by atoms with Gasteiger partial charge in [0.05, 0.1) is 6.10 Å². The summed E-state index contributed by atoms with van der Waals surface area (Å²) in [6, 6.07) is 7.46. The molecule has 0 spiro atoms. The maximum atomic E-state index is 10.9. The van der Waals surface area contributed by atoms with Crippen LogP contribution in [0.1, 0.15) is 29.2 Å². The molecular weight excluding hydrogens is 276 g/mol. The van der Waals surface area contributed by atoms with Gasteiger partial charge in [-0.1, -0.05) is 0 Å². The molecule has 0 radical (unpaired) electrons. The first-order valence-electron chi connectivity index (χ1n) is 6.20. The minimum absolute atomic E-state index is 0.0947. The zero-order valence-corrected chi connectivity index (χ0v) is 12.3. The van der Waals surface area contributed by atoms with Crippen LogP contribution < -0.4 is 10.1 Å². The van der Waals surface area contributed by atoms with Crippen molar-refractivity contribution in [2.75, 3.05) is 5.32 Å². The van der Waals surface area contributed by atoms with Crippen LogP contribution in [0.2, 0.25) is 0 Å². The van der Waals surface area contributed by atoms with Crippen LogP contribution in [0.3, 0.4) is 0 Å². The van der Waals surface area contributed by atoms with Crippen molar-refractivity contribution < 1.29 is 14.6 Å². The molecule has 1 aromatic heterocycles. The second-order valence-corrected chi connectivity index (χ2v) is 5.75. The fourth-order valence-corrected chi connectivity index (χ4v) is 2.49. The van der Waals surface area contributed by atoms with Crippen LogP contribution in [0.5, 0.6) is 5.75 Å². The fraction of sp³-hybridized carbons (Fsp3) is 0.286. The van der Waals surface area contributed by atoms with Crippen LogP contribution in [0.15, 0.2) is 24.3 Å². The molecule has 0 fully saturated rings. The monoisotopic (exact) mass is 292 g/mol. The number of benzene rings is 1. The zero-order chi connectivity index (χ0) is 14.7. The van der Waals surface area contributed by atoms with Crippen LogP contribution in [0.4, 0.5) is 10.8 Å². The summed E-state index contributed by atoms with van der Waals surface area (Å²) in [5, 5.41) is 12.6. The molecule has 0 aliphatic rings. The highest BCUT2D eigenvalue weighted by Crippen LogP contribution is 2.26. The number of aryl methyl sites for hydroxylation is 1. The Bertz CT molecular complexity index is 605. The van der Waals surface area contributed by atoms with E-state index in [1.165, 1.54) is 11.3 Å². The number of aromatic nitrogens is 1. The predicted octanol–water partition coefficient (Wildman–Crippen LogP) is 3.68. The Morgan fingerprint density at radius 3 is 2.50 bits per heavy atom. The lowest BCUT2D eigenvalue weighted by Gasteiger charge is -2.10. The molecule has 0 bridgehead atoms. The summed E-state index contributed by atoms with van der Waals surface area (Å²) in [6.07, 6.45) is 0.133. The molecule has 5 nitrogen and oxygen atoms in total. The summed E-state index contributed by atoms with van der Waals surface area (Å²) in [5.74, 6) is -0.209. The Morgan fingerprint density at radius 2 is 2.00 bits per heavy atom. The topological polar surface area (TPSA) is 71.5 Å². The molecule has 106 valence electrons. The lowest BCUT2D eigenvalue weighted by Crippen LogP contribution is -2.05. The van der Waals surface area contributed by atoms with E-state index in [1.54, 1.807) is 6.92 Å². The normalized spacial score (nSPS) is 10.6. The summed E-state index contributed by atoms with van der Waals surface area (Å²) < 4.78 is 5.56. The number of aromatic carboxylic acids is 1. The van der Waals surface area contributed by atoms with Gasteiger partial charge in [-0.25, -0.2) is 9.78 Å². The van der Waals surface area contributed by atoms with Gasteiger partial charge in [-0.05, 0) is 45.0 Å². The number of carboxylic acids is 1. The molecule has 0 saturated heterocycles. The van der Waals surface area contributed by atoms with Crippen molar-refractivity contribution in [3.05, 3.63) is 34.8 Å². The molecule has 0 saturated carbocycles. The van der Waals surface area contributed by atoms with Gasteiger partial charge >= 0.3 is 5.97 Å². The van der Waals surface area contributed by atoms with Crippen molar-refractivity contribution in [3.63, 3.8) is 0 Å². The minimum atomic E-state index is -1.01. The quantitative estimate of drug-likeness (QED) is 0.879. The van der Waals surface area contributed by atoms with Gasteiger partial charge in [0.15, 0.2) is 10.8 Å². The Hall–Kier alpha value is -2.08. The first kappa shape index (κ1) is 14.3. The van der Waals surface area contributed by atoms with Crippen molar-refractivity contribution in [1.29, 1.82) is 0 Å². The first-order valence-corrected chi connectivity index (χ1v) is 7.02. The van der Waals surface area contributed by atoms with E-state index in [1.807, 2.05) is 38.1 Å². The van der Waals surface area contributed by atoms with Crippen molar-refractivity contribution >= 4 is 28.1 Å². The largest absolute Gasteiger partial charge is 0.491 e. The molecule has 0 atom stereocenters. The number of anilines is 2. The van der Waals surface area contributed by atoms with E-state index in [-0.39, 0.29) is 11.8 Å². The molecule has 20 heavy (non-hydrogen) atoms. The van der Waals surface area contributed by atoms with Crippen molar-refractivity contribution in [2.45, 2.75) is 26.9 Å². The third-order valence-electron chi connectivity index (χ3n) is 2.48. The molecule has 2 rings (SSSR count). The second-order valence-electron chi connectivity index (χ2n) is 4.54. The second kappa shape index (κ2) is 5.92. The maximum Gasteiger partial charge on any atom is 0.355 e. The van der Waals surface area contributed by atoms with Gasteiger partial charge in [0, 0.05) is 10.6 Å². The van der Waals surface area contributed by atoms with E-state index >= 15 is 0 Å². The van der Waals surface area contributed by atoms with Crippen LogP contribution >= 0.6 is 11.3 Å². The highest BCUT2D eigenvalue weighted by Gasteiger charge is 2.13. The third kappa shape index (κ3) is 3.48. The maximum absolute atomic E-state index is 10.9. The Morgan fingerprint density at radius 1 is 1.35 bits per heavy atom. The predicted molar refractivity (Wildman–Crippen MR) is 79.3 cm³/mol. The van der Waals surface area contributed by atoms with Gasteiger partial charge in [0.25, 0.3) is 0 Å². The van der Waals surface area contributed by atoms with Crippen molar-refractivity contribution in [3.8, 4) is 5.75 Å². The SMILES string of the molecule is Cc1sc(Nc2ccc(OC(C)C)cc2)nc1C(=O)O. The van der Waals surface area contributed by atoms with Gasteiger partial charge < -0.3 is 15.2 Å². The van der Waals surface area contributed by atoms with E-state index in [9.17, 15) is 4.79 Å². The highest BCUT2D eigenvalue weighted by molar-refractivity contribution is 7.15. The number of hydrogen-bond acceptors (Lipinski definition) is 5. The van der Waals surface area contributed by atoms with Gasteiger partial charge in [0.1, 0.15) is 5.75 Å². The summed E-state index contributed by atoms with van der Waals surface area (Å²) in [6.45, 7) is 5.68. The van der Waals surface area contributed by atoms with E-state index in [0.29, 0.717) is 10.0 Å². The van der Waals surface area contributed by atoms with Crippen molar-refractivity contribution in [2.24, 2.45) is 0 Å². The Balaban J connectivity index is 2.10. The summed E-state index contributed by atoms with van der Waals surface area (Å²) in [7, 11) is 0. The molecule has 0 unspecified atom stereocenters. The van der Waals surface area contributed by atoms with Gasteiger partial charge in [0.2, 0.25) is 0 Å². The third-order valence-corrected chi connectivity index (χ3v) is 3.36. The molecule has 0 aliphatic carbocycles. The van der Waals surface area contributed by atoms with E-state index in [0.717, 1.165) is 11.4 Å². The minimum Gasteiger partial charge on any atom is -0.491 e. The fourth-order valence-electron chi connectivity index (χ4n) is 1.66. The summed E-state index contributed by atoms with van der Waals surface area (Å²) >= 11 is 1.32. The number of rotatable bonds is 5. The average Bonchev–Trinajstić information content (AvgIpc) is 2.72. The summed E-state index contributed by atoms with van der Waals surface area (Å²) in [4.78, 5) is 15.7. The average molecular weight is 292 g/mol. The van der Waals surface area contributed by atoms with Crippen LogP contribution in [0.25, 0.3) is 0 Å². The Labute approximate surface area is 121 Å². The lowest BCUT2D eigenvalue weighted by molar-refractivity contribution is 0.0690. The van der Waals surface area contributed by atoms with E-state index in [4.69, 9.17) is 9.84 Å². The summed E-state index contributed by atoms with van der Waals surface area (Å²) in [5.41, 5.74) is 0.934. The molecule has 0 amide bonds. The number of ether oxygens (including phenoxy) is 1. The lowest BCUT2D eigenvalue weighted by atomic mass is 10.3. The molecule has 2 aromatic rings. The Kier molecular flexibility index (Phi) is 4.24. The van der Waals surface area contributed by atoms with Gasteiger partial charge in [-0.2, -0.15) is 0 Å². The number of carboxylic acid groups (broad SMARTS) is 1. The van der Waals surface area contributed by atoms with Crippen LogP contribution in [-0.4, -0.2) is 22.2 Å².